The number of pyridine rings is 1. The Morgan fingerprint density at radius 1 is 1.25 bits per heavy atom. The molecule has 0 aliphatic carbocycles. The number of ether oxygens (including phenoxy) is 1. The van der Waals surface area contributed by atoms with E-state index in [2.05, 4.69) is 30.1 Å². The largest absolute Gasteiger partial charge is 0.472 e. The Balaban J connectivity index is 1.49. The van der Waals surface area contributed by atoms with E-state index in [1.54, 1.807) is 0 Å². The summed E-state index contributed by atoms with van der Waals surface area (Å²) in [7, 11) is 0. The van der Waals surface area contributed by atoms with Crippen LogP contribution in [-0.2, 0) is 11.2 Å². The van der Waals surface area contributed by atoms with Crippen molar-refractivity contribution in [1.29, 1.82) is 0 Å². The Bertz CT molecular complexity index is 714. The minimum absolute atomic E-state index is 0.0437. The molecule has 126 valence electrons. The number of hydrogen-bond acceptors (Lipinski definition) is 3. The zero-order chi connectivity index (χ0) is 16.9. The monoisotopic (exact) mass is 324 g/mol. The Morgan fingerprint density at radius 3 is 2.88 bits per heavy atom. The first-order valence-electron chi connectivity index (χ1n) is 8.54. The summed E-state index contributed by atoms with van der Waals surface area (Å²) in [6.45, 7) is 5.45. The van der Waals surface area contributed by atoms with Crippen molar-refractivity contribution in [2.45, 2.75) is 39.2 Å². The molecular formula is C20H24N2O2. The summed E-state index contributed by atoms with van der Waals surface area (Å²) in [5.74, 6) is 0.855. The number of carbonyl (C=O) groups excluding carboxylic acids is 1. The summed E-state index contributed by atoms with van der Waals surface area (Å²) in [6, 6.07) is 14.1. The number of benzene rings is 1. The molecule has 1 aromatic heterocycles. The van der Waals surface area contributed by atoms with E-state index in [4.69, 9.17) is 4.74 Å². The number of rotatable bonds is 5. The summed E-state index contributed by atoms with van der Waals surface area (Å²) >= 11 is 0. The lowest BCUT2D eigenvalue weighted by Gasteiger charge is -2.17. The van der Waals surface area contributed by atoms with Gasteiger partial charge in [0.2, 0.25) is 11.8 Å². The molecule has 4 heteroatoms. The lowest BCUT2D eigenvalue weighted by Crippen LogP contribution is -2.31. The number of amides is 1. The second-order valence-corrected chi connectivity index (χ2v) is 6.47. The first-order valence-corrected chi connectivity index (χ1v) is 8.54. The number of hydrogen-bond donors (Lipinski definition) is 0. The summed E-state index contributed by atoms with van der Waals surface area (Å²) < 4.78 is 5.91. The Morgan fingerprint density at radius 2 is 2.08 bits per heavy atom. The highest BCUT2D eigenvalue weighted by Crippen LogP contribution is 2.18. The standard InChI is InChI=1S/C20H24N2O2/c1-15-5-3-7-17(13-15)9-10-20(23)22-12-11-18(14-22)24-19-8-4-6-16(2)21-19/h3-8,13,18H,9-12,14H2,1-2H3. The van der Waals surface area contributed by atoms with Crippen LogP contribution in [-0.4, -0.2) is 35.0 Å². The third-order valence-corrected chi connectivity index (χ3v) is 4.36. The van der Waals surface area contributed by atoms with Gasteiger partial charge >= 0.3 is 0 Å². The first kappa shape index (κ1) is 16.5. The van der Waals surface area contributed by atoms with Crippen molar-refractivity contribution in [2.75, 3.05) is 13.1 Å². The van der Waals surface area contributed by atoms with Crippen molar-refractivity contribution in [3.8, 4) is 5.88 Å². The fourth-order valence-corrected chi connectivity index (χ4v) is 3.08. The fourth-order valence-electron chi connectivity index (χ4n) is 3.08. The van der Waals surface area contributed by atoms with Crippen LogP contribution in [0.2, 0.25) is 0 Å². The van der Waals surface area contributed by atoms with Gasteiger partial charge in [0, 0.05) is 31.1 Å². The molecule has 2 aromatic rings. The minimum atomic E-state index is 0.0437. The molecule has 4 nitrogen and oxygen atoms in total. The molecule has 0 saturated carbocycles. The van der Waals surface area contributed by atoms with E-state index in [1.807, 2.05) is 36.1 Å². The van der Waals surface area contributed by atoms with Gasteiger partial charge in [-0.1, -0.05) is 35.9 Å². The van der Waals surface area contributed by atoms with Crippen molar-refractivity contribution in [2.24, 2.45) is 0 Å². The van der Waals surface area contributed by atoms with Gasteiger partial charge in [-0.2, -0.15) is 0 Å². The third-order valence-electron chi connectivity index (χ3n) is 4.36. The van der Waals surface area contributed by atoms with Crippen molar-refractivity contribution in [3.05, 3.63) is 59.3 Å². The highest BCUT2D eigenvalue weighted by molar-refractivity contribution is 5.76. The molecule has 1 aliphatic heterocycles. The molecule has 1 unspecified atom stereocenters. The average molecular weight is 324 g/mol. The van der Waals surface area contributed by atoms with Gasteiger partial charge in [0.1, 0.15) is 6.10 Å². The molecule has 2 heterocycles. The molecule has 0 bridgehead atoms. The van der Waals surface area contributed by atoms with Gasteiger partial charge in [-0.3, -0.25) is 4.79 Å². The predicted molar refractivity (Wildman–Crippen MR) is 94.1 cm³/mol. The van der Waals surface area contributed by atoms with E-state index in [1.165, 1.54) is 11.1 Å². The van der Waals surface area contributed by atoms with Crippen LogP contribution in [0.15, 0.2) is 42.5 Å². The van der Waals surface area contributed by atoms with Gasteiger partial charge in [-0.05, 0) is 31.9 Å². The number of aromatic nitrogens is 1. The highest BCUT2D eigenvalue weighted by Gasteiger charge is 2.27. The van der Waals surface area contributed by atoms with Gasteiger partial charge in [0.15, 0.2) is 0 Å². The highest BCUT2D eigenvalue weighted by atomic mass is 16.5. The van der Waals surface area contributed by atoms with E-state index >= 15 is 0 Å². The second kappa shape index (κ2) is 7.47. The van der Waals surface area contributed by atoms with Gasteiger partial charge in [0.05, 0.1) is 6.54 Å². The van der Waals surface area contributed by atoms with Crippen LogP contribution in [0.1, 0.15) is 29.7 Å². The van der Waals surface area contributed by atoms with Crippen molar-refractivity contribution < 1.29 is 9.53 Å². The number of nitrogens with zero attached hydrogens (tertiary/aromatic N) is 2. The van der Waals surface area contributed by atoms with Crippen molar-refractivity contribution in [3.63, 3.8) is 0 Å². The lowest BCUT2D eigenvalue weighted by atomic mass is 10.1. The van der Waals surface area contributed by atoms with Crippen molar-refractivity contribution >= 4 is 5.91 Å². The topological polar surface area (TPSA) is 42.4 Å². The first-order chi connectivity index (χ1) is 11.6. The molecule has 1 saturated heterocycles. The smallest absolute Gasteiger partial charge is 0.223 e. The lowest BCUT2D eigenvalue weighted by molar-refractivity contribution is -0.130. The van der Waals surface area contributed by atoms with Crippen LogP contribution in [0.25, 0.3) is 0 Å². The van der Waals surface area contributed by atoms with E-state index in [0.717, 1.165) is 25.1 Å². The fraction of sp³-hybridized carbons (Fsp3) is 0.400. The minimum Gasteiger partial charge on any atom is -0.472 e. The molecule has 1 atom stereocenters. The normalized spacial score (nSPS) is 17.1. The maximum atomic E-state index is 12.4. The molecule has 0 N–H and O–H groups in total. The molecule has 3 rings (SSSR count). The zero-order valence-electron chi connectivity index (χ0n) is 14.4. The van der Waals surface area contributed by atoms with Gasteiger partial charge in [0.25, 0.3) is 0 Å². The third kappa shape index (κ3) is 4.34. The molecular weight excluding hydrogens is 300 g/mol. The molecule has 24 heavy (non-hydrogen) atoms. The van der Waals surface area contributed by atoms with Gasteiger partial charge in [-0.25, -0.2) is 4.98 Å². The van der Waals surface area contributed by atoms with E-state index in [0.29, 0.717) is 18.8 Å². The maximum absolute atomic E-state index is 12.4. The quantitative estimate of drug-likeness (QED) is 0.847. The summed E-state index contributed by atoms with van der Waals surface area (Å²) in [5.41, 5.74) is 3.40. The molecule has 1 fully saturated rings. The second-order valence-electron chi connectivity index (χ2n) is 6.47. The predicted octanol–water partition coefficient (Wildman–Crippen LogP) is 3.31. The SMILES string of the molecule is Cc1cccc(CCC(=O)N2CCC(Oc3cccc(C)n3)C2)c1. The number of aryl methyl sites for hydroxylation is 3. The van der Waals surface area contributed by atoms with Crippen LogP contribution in [0.4, 0.5) is 0 Å². The maximum Gasteiger partial charge on any atom is 0.223 e. The van der Waals surface area contributed by atoms with Crippen LogP contribution in [0.5, 0.6) is 5.88 Å². The molecule has 0 spiro atoms. The summed E-state index contributed by atoms with van der Waals surface area (Å²) in [6.07, 6.45) is 2.26. The van der Waals surface area contributed by atoms with Crippen LogP contribution in [0, 0.1) is 13.8 Å². The molecule has 1 amide bonds. The number of carbonyl (C=O) groups is 1. The van der Waals surface area contributed by atoms with E-state index < -0.39 is 0 Å². The van der Waals surface area contributed by atoms with E-state index in [9.17, 15) is 4.79 Å². The van der Waals surface area contributed by atoms with Gasteiger partial charge in [-0.15, -0.1) is 0 Å². The van der Waals surface area contributed by atoms with E-state index in [-0.39, 0.29) is 12.0 Å². The van der Waals surface area contributed by atoms with Gasteiger partial charge < -0.3 is 9.64 Å². The Hall–Kier alpha value is -2.36. The van der Waals surface area contributed by atoms with Crippen LogP contribution < -0.4 is 4.74 Å². The van der Waals surface area contributed by atoms with Crippen molar-refractivity contribution in [1.82, 2.24) is 9.88 Å². The number of likely N-dealkylation sites (tertiary alicyclic amines) is 1. The summed E-state index contributed by atoms with van der Waals surface area (Å²) in [4.78, 5) is 18.7. The molecule has 0 radical (unpaired) electrons. The Kier molecular flexibility index (Phi) is 5.14. The van der Waals surface area contributed by atoms with Crippen LogP contribution >= 0.6 is 0 Å². The molecule has 1 aliphatic rings. The zero-order valence-corrected chi connectivity index (χ0v) is 14.4. The summed E-state index contributed by atoms with van der Waals surface area (Å²) in [5, 5.41) is 0. The average Bonchev–Trinajstić information content (AvgIpc) is 3.01. The van der Waals surface area contributed by atoms with Crippen LogP contribution in [0.3, 0.4) is 0 Å². The Labute approximate surface area is 143 Å². The molecule has 1 aromatic carbocycles.